The molecule has 0 aromatic heterocycles. The number of para-hydroxylation sites is 2. The summed E-state index contributed by atoms with van der Waals surface area (Å²) in [7, 11) is 1.97. The number of ketones is 1. The highest BCUT2D eigenvalue weighted by Crippen LogP contribution is 2.36. The van der Waals surface area contributed by atoms with Gasteiger partial charge in [0, 0.05) is 12.7 Å². The lowest BCUT2D eigenvalue weighted by Gasteiger charge is -2.39. The molecule has 1 aliphatic carbocycles. The number of rotatable bonds is 0. The molecule has 1 aromatic rings. The van der Waals surface area contributed by atoms with Gasteiger partial charge in [-0.3, -0.25) is 4.79 Å². The number of anilines is 2. The van der Waals surface area contributed by atoms with Crippen molar-refractivity contribution in [1.29, 1.82) is 0 Å². The highest BCUT2D eigenvalue weighted by Gasteiger charge is 2.34. The summed E-state index contributed by atoms with van der Waals surface area (Å²) in [6.07, 6.45) is 3.54. The Morgan fingerprint density at radius 1 is 1.24 bits per heavy atom. The molecule has 0 radical (unpaired) electrons. The minimum Gasteiger partial charge on any atom is -0.357 e. The number of benzene rings is 1. The average molecular weight is 226 g/mol. The van der Waals surface area contributed by atoms with Crippen molar-refractivity contribution < 1.29 is 4.79 Å². The lowest BCUT2D eigenvalue weighted by Crippen LogP contribution is -2.46. The minimum atomic E-state index is -0.199. The fourth-order valence-corrected chi connectivity index (χ4v) is 2.47. The fourth-order valence-electron chi connectivity index (χ4n) is 2.47. The quantitative estimate of drug-likeness (QED) is 0.737. The van der Waals surface area contributed by atoms with Crippen LogP contribution in [0.5, 0.6) is 0 Å². The summed E-state index contributed by atoms with van der Waals surface area (Å²) in [5.41, 5.74) is 4.25. The molecule has 3 rings (SSSR count). The van der Waals surface area contributed by atoms with E-state index in [0.717, 1.165) is 22.6 Å². The van der Waals surface area contributed by atoms with Crippen molar-refractivity contribution in [2.45, 2.75) is 13.0 Å². The minimum absolute atomic E-state index is 0.134. The number of nitrogens with one attached hydrogen (secondary N) is 1. The van der Waals surface area contributed by atoms with E-state index in [1.807, 2.05) is 49.2 Å². The van der Waals surface area contributed by atoms with Gasteiger partial charge in [0.05, 0.1) is 11.4 Å². The van der Waals surface area contributed by atoms with Crippen LogP contribution in [-0.2, 0) is 4.79 Å². The van der Waals surface area contributed by atoms with Gasteiger partial charge in [-0.1, -0.05) is 18.2 Å². The van der Waals surface area contributed by atoms with E-state index in [1.165, 1.54) is 0 Å². The van der Waals surface area contributed by atoms with Crippen molar-refractivity contribution in [2.75, 3.05) is 17.3 Å². The first-order valence-corrected chi connectivity index (χ1v) is 5.70. The smallest absolute Gasteiger partial charge is 0.184 e. The number of carbonyl (C=O) groups is 1. The fraction of sp³-hybridized carbons (Fsp3) is 0.214. The molecule has 0 saturated carbocycles. The van der Waals surface area contributed by atoms with Crippen molar-refractivity contribution in [2.24, 2.45) is 0 Å². The molecular weight excluding hydrogens is 212 g/mol. The molecule has 17 heavy (non-hydrogen) atoms. The van der Waals surface area contributed by atoms with Gasteiger partial charge in [0.25, 0.3) is 0 Å². The summed E-state index contributed by atoms with van der Waals surface area (Å²) in [6, 6.07) is 7.85. The van der Waals surface area contributed by atoms with Gasteiger partial charge in [-0.2, -0.15) is 0 Å². The molecule has 0 spiro atoms. The van der Waals surface area contributed by atoms with Crippen molar-refractivity contribution in [3.8, 4) is 0 Å². The number of hydrogen-bond acceptors (Lipinski definition) is 3. The molecule has 0 amide bonds. The maximum absolute atomic E-state index is 12.0. The largest absolute Gasteiger partial charge is 0.357 e. The third kappa shape index (κ3) is 1.39. The predicted octanol–water partition coefficient (Wildman–Crippen LogP) is 2.33. The van der Waals surface area contributed by atoms with Gasteiger partial charge in [-0.15, -0.1) is 0 Å². The Bertz CT molecular complexity index is 557. The second kappa shape index (κ2) is 3.48. The van der Waals surface area contributed by atoms with Crippen LogP contribution in [0.2, 0.25) is 0 Å². The van der Waals surface area contributed by atoms with Crippen LogP contribution in [0.1, 0.15) is 6.92 Å². The third-order valence-corrected chi connectivity index (χ3v) is 3.41. The molecule has 0 saturated heterocycles. The normalized spacial score (nSPS) is 22.1. The Morgan fingerprint density at radius 3 is 2.82 bits per heavy atom. The van der Waals surface area contributed by atoms with Crippen LogP contribution in [0.3, 0.4) is 0 Å². The van der Waals surface area contributed by atoms with Crippen molar-refractivity contribution in [1.82, 2.24) is 0 Å². The van der Waals surface area contributed by atoms with E-state index in [2.05, 4.69) is 5.32 Å². The van der Waals surface area contributed by atoms with Crippen LogP contribution >= 0.6 is 0 Å². The van der Waals surface area contributed by atoms with E-state index in [4.69, 9.17) is 0 Å². The average Bonchev–Trinajstić information content (AvgIpc) is 2.34. The SMILES string of the molecule is CC1=C2Nc3ccccc3N(C)C2C(=O)C=C1. The van der Waals surface area contributed by atoms with Crippen LogP contribution in [0.15, 0.2) is 47.7 Å². The van der Waals surface area contributed by atoms with Crippen LogP contribution in [0.25, 0.3) is 0 Å². The van der Waals surface area contributed by atoms with E-state index in [0.29, 0.717) is 0 Å². The van der Waals surface area contributed by atoms with Crippen LogP contribution in [0.4, 0.5) is 11.4 Å². The maximum Gasteiger partial charge on any atom is 0.184 e. The Kier molecular flexibility index (Phi) is 2.08. The van der Waals surface area contributed by atoms with Crippen molar-refractivity contribution >= 4 is 17.2 Å². The lowest BCUT2D eigenvalue weighted by atomic mass is 9.94. The van der Waals surface area contributed by atoms with Gasteiger partial charge in [-0.25, -0.2) is 0 Å². The summed E-state index contributed by atoms with van der Waals surface area (Å²) in [5, 5.41) is 3.38. The van der Waals surface area contributed by atoms with Crippen molar-refractivity contribution in [3.63, 3.8) is 0 Å². The van der Waals surface area contributed by atoms with Crippen LogP contribution < -0.4 is 10.2 Å². The number of allylic oxidation sites excluding steroid dienone is 2. The second-order valence-electron chi connectivity index (χ2n) is 4.49. The van der Waals surface area contributed by atoms with E-state index in [-0.39, 0.29) is 11.8 Å². The zero-order valence-corrected chi connectivity index (χ0v) is 9.90. The molecule has 86 valence electrons. The molecule has 3 heteroatoms. The van der Waals surface area contributed by atoms with Gasteiger partial charge < -0.3 is 10.2 Å². The van der Waals surface area contributed by atoms with Gasteiger partial charge in [0.1, 0.15) is 6.04 Å². The topological polar surface area (TPSA) is 32.3 Å². The number of likely N-dealkylation sites (N-methyl/N-ethyl adjacent to an activating group) is 1. The number of carbonyl (C=O) groups excluding carboxylic acids is 1. The zero-order valence-electron chi connectivity index (χ0n) is 9.90. The number of nitrogens with zero attached hydrogens (tertiary/aromatic N) is 1. The predicted molar refractivity (Wildman–Crippen MR) is 69.1 cm³/mol. The highest BCUT2D eigenvalue weighted by molar-refractivity contribution is 6.03. The monoisotopic (exact) mass is 226 g/mol. The molecule has 1 N–H and O–H groups in total. The van der Waals surface area contributed by atoms with E-state index < -0.39 is 0 Å². The van der Waals surface area contributed by atoms with Gasteiger partial charge in [0.2, 0.25) is 0 Å². The summed E-state index contributed by atoms with van der Waals surface area (Å²) >= 11 is 0. The van der Waals surface area contributed by atoms with Gasteiger partial charge in [0.15, 0.2) is 5.78 Å². The summed E-state index contributed by atoms with van der Waals surface area (Å²) < 4.78 is 0. The summed E-state index contributed by atoms with van der Waals surface area (Å²) in [5.74, 6) is 0.134. The first-order chi connectivity index (χ1) is 8.18. The standard InChI is InChI=1S/C14H14N2O/c1-9-7-8-12(17)14-13(9)15-10-5-3-4-6-11(10)16(14)2/h3-8,14-15H,1-2H3. The Hall–Kier alpha value is -2.03. The summed E-state index contributed by atoms with van der Waals surface area (Å²) in [4.78, 5) is 14.0. The second-order valence-corrected chi connectivity index (χ2v) is 4.49. The Balaban J connectivity index is 2.18. The van der Waals surface area contributed by atoms with Crippen molar-refractivity contribution in [3.05, 3.63) is 47.7 Å². The third-order valence-electron chi connectivity index (χ3n) is 3.41. The van der Waals surface area contributed by atoms with E-state index in [9.17, 15) is 4.79 Å². The molecule has 1 heterocycles. The van der Waals surface area contributed by atoms with Crippen LogP contribution in [-0.4, -0.2) is 18.9 Å². The van der Waals surface area contributed by atoms with Gasteiger partial charge in [-0.05, 0) is 30.7 Å². The molecule has 0 fully saturated rings. The highest BCUT2D eigenvalue weighted by atomic mass is 16.1. The Labute approximate surface area is 100 Å². The number of fused-ring (bicyclic) bond motifs is 2. The molecule has 0 bridgehead atoms. The molecule has 1 unspecified atom stereocenters. The van der Waals surface area contributed by atoms with Crippen LogP contribution in [0, 0.1) is 0 Å². The molecule has 2 aliphatic rings. The lowest BCUT2D eigenvalue weighted by molar-refractivity contribution is -0.115. The first-order valence-electron chi connectivity index (χ1n) is 5.70. The maximum atomic E-state index is 12.0. The number of hydrogen-bond donors (Lipinski definition) is 1. The van der Waals surface area contributed by atoms with E-state index >= 15 is 0 Å². The Morgan fingerprint density at radius 2 is 2.00 bits per heavy atom. The zero-order chi connectivity index (χ0) is 12.0. The summed E-state index contributed by atoms with van der Waals surface area (Å²) in [6.45, 7) is 2.03. The van der Waals surface area contributed by atoms with Gasteiger partial charge >= 0.3 is 0 Å². The molecular formula is C14H14N2O. The van der Waals surface area contributed by atoms with E-state index in [1.54, 1.807) is 6.08 Å². The molecule has 1 atom stereocenters. The first kappa shape index (κ1) is 10.1. The molecule has 1 aromatic carbocycles. The molecule has 3 nitrogen and oxygen atoms in total. The molecule has 1 aliphatic heterocycles.